The highest BCUT2D eigenvalue weighted by molar-refractivity contribution is 5.57. The SMILES string of the molecule is CN1CCN(c2ccc(Nc3ncc(C(F)(F)F)c(N4OCC[C@H]4c4ccccc4)n3)nc2)CC1. The molecule has 0 aliphatic carbocycles. The fraction of sp³-hybridized carbons (Fsp3) is 0.375. The molecule has 35 heavy (non-hydrogen) atoms. The Morgan fingerprint density at radius 1 is 0.971 bits per heavy atom. The number of nitrogens with zero attached hydrogens (tertiary/aromatic N) is 6. The van der Waals surface area contributed by atoms with E-state index in [1.54, 1.807) is 12.3 Å². The summed E-state index contributed by atoms with van der Waals surface area (Å²) >= 11 is 0. The van der Waals surface area contributed by atoms with Crippen LogP contribution in [0.25, 0.3) is 0 Å². The molecule has 1 atom stereocenters. The molecule has 0 unspecified atom stereocenters. The lowest BCUT2D eigenvalue weighted by Gasteiger charge is -2.33. The van der Waals surface area contributed by atoms with Crippen molar-refractivity contribution < 1.29 is 18.0 Å². The molecule has 184 valence electrons. The van der Waals surface area contributed by atoms with Gasteiger partial charge in [-0.15, -0.1) is 0 Å². The van der Waals surface area contributed by atoms with E-state index < -0.39 is 11.7 Å². The first-order chi connectivity index (χ1) is 16.9. The van der Waals surface area contributed by atoms with Crippen LogP contribution in [-0.2, 0) is 11.0 Å². The molecule has 2 aliphatic rings. The smallest absolute Gasteiger partial charge is 0.368 e. The van der Waals surface area contributed by atoms with Gasteiger partial charge in [0.15, 0.2) is 5.82 Å². The lowest BCUT2D eigenvalue weighted by atomic mass is 10.0. The maximum Gasteiger partial charge on any atom is 0.421 e. The van der Waals surface area contributed by atoms with Crippen LogP contribution >= 0.6 is 0 Å². The van der Waals surface area contributed by atoms with Crippen molar-refractivity contribution in [1.29, 1.82) is 0 Å². The van der Waals surface area contributed by atoms with Crippen molar-refractivity contribution in [3.05, 3.63) is 66.0 Å². The van der Waals surface area contributed by atoms with Crippen LogP contribution in [0.5, 0.6) is 0 Å². The molecule has 4 heterocycles. The van der Waals surface area contributed by atoms with E-state index in [1.165, 1.54) is 5.06 Å². The number of hydroxylamine groups is 1. The van der Waals surface area contributed by atoms with Gasteiger partial charge in [-0.2, -0.15) is 18.2 Å². The van der Waals surface area contributed by atoms with Crippen molar-refractivity contribution in [3.8, 4) is 0 Å². The van der Waals surface area contributed by atoms with Gasteiger partial charge in [-0.1, -0.05) is 30.3 Å². The zero-order valence-electron chi connectivity index (χ0n) is 19.2. The minimum absolute atomic E-state index is 0.00941. The minimum Gasteiger partial charge on any atom is -0.368 e. The first-order valence-corrected chi connectivity index (χ1v) is 11.5. The number of hydrogen-bond acceptors (Lipinski definition) is 8. The van der Waals surface area contributed by atoms with Gasteiger partial charge in [0.1, 0.15) is 11.4 Å². The molecule has 0 saturated carbocycles. The maximum absolute atomic E-state index is 13.8. The Bertz CT molecular complexity index is 1140. The van der Waals surface area contributed by atoms with E-state index in [2.05, 4.69) is 37.1 Å². The summed E-state index contributed by atoms with van der Waals surface area (Å²) in [7, 11) is 2.09. The Kier molecular flexibility index (Phi) is 6.44. The molecule has 1 N–H and O–H groups in total. The van der Waals surface area contributed by atoms with Crippen LogP contribution in [0, 0.1) is 0 Å². The van der Waals surface area contributed by atoms with Gasteiger partial charge in [0.05, 0.1) is 24.5 Å². The van der Waals surface area contributed by atoms with Crippen LogP contribution in [0.1, 0.15) is 23.6 Å². The third-order valence-corrected chi connectivity index (χ3v) is 6.23. The standard InChI is InChI=1S/C24H26F3N7O/c1-32-10-12-33(13-11-32)18-7-8-21(28-15-18)30-23-29-16-19(24(25,26)27)22(31-23)34-20(9-14-35-34)17-5-3-2-4-6-17/h2-8,15-16,20H,9-14H2,1H3,(H,28,29,30,31)/t20-/m0/s1. The fourth-order valence-corrected chi connectivity index (χ4v) is 4.28. The Labute approximate surface area is 201 Å². The summed E-state index contributed by atoms with van der Waals surface area (Å²) in [6.07, 6.45) is -1.56. The van der Waals surface area contributed by atoms with E-state index >= 15 is 0 Å². The number of aromatic nitrogens is 3. The topological polar surface area (TPSA) is 69.7 Å². The van der Waals surface area contributed by atoms with E-state index in [0.717, 1.165) is 43.6 Å². The summed E-state index contributed by atoms with van der Waals surface area (Å²) in [5, 5.41) is 4.17. The molecule has 0 spiro atoms. The third-order valence-electron chi connectivity index (χ3n) is 6.23. The average Bonchev–Trinajstić information content (AvgIpc) is 3.35. The monoisotopic (exact) mass is 485 g/mol. The Morgan fingerprint density at radius 3 is 2.43 bits per heavy atom. The van der Waals surface area contributed by atoms with Crippen molar-refractivity contribution in [2.75, 3.05) is 55.1 Å². The van der Waals surface area contributed by atoms with E-state index in [4.69, 9.17) is 4.84 Å². The van der Waals surface area contributed by atoms with E-state index in [-0.39, 0.29) is 17.8 Å². The zero-order chi connectivity index (χ0) is 24.4. The molecule has 8 nitrogen and oxygen atoms in total. The first-order valence-electron chi connectivity index (χ1n) is 11.5. The van der Waals surface area contributed by atoms with Gasteiger partial charge in [0.25, 0.3) is 0 Å². The number of anilines is 4. The lowest BCUT2D eigenvalue weighted by Crippen LogP contribution is -2.44. The molecule has 5 rings (SSSR count). The van der Waals surface area contributed by atoms with Gasteiger partial charge in [0.2, 0.25) is 5.95 Å². The molecule has 3 aromatic rings. The van der Waals surface area contributed by atoms with Crippen LogP contribution in [0.2, 0.25) is 0 Å². The summed E-state index contributed by atoms with van der Waals surface area (Å²) in [5.74, 6) is 0.126. The number of hydrogen-bond donors (Lipinski definition) is 1. The molecule has 2 fully saturated rings. The molecule has 2 saturated heterocycles. The summed E-state index contributed by atoms with van der Waals surface area (Å²) in [4.78, 5) is 22.7. The van der Waals surface area contributed by atoms with Gasteiger partial charge in [-0.05, 0) is 24.7 Å². The van der Waals surface area contributed by atoms with E-state index in [9.17, 15) is 13.2 Å². The molecule has 2 aromatic heterocycles. The van der Waals surface area contributed by atoms with Gasteiger partial charge in [-0.25, -0.2) is 15.0 Å². The normalized spacial score (nSPS) is 19.3. The van der Waals surface area contributed by atoms with E-state index in [1.807, 2.05) is 36.4 Å². The number of halogens is 3. The van der Waals surface area contributed by atoms with Crippen molar-refractivity contribution in [3.63, 3.8) is 0 Å². The van der Waals surface area contributed by atoms with Crippen molar-refractivity contribution >= 4 is 23.3 Å². The largest absolute Gasteiger partial charge is 0.421 e. The molecular formula is C24H26F3N7O. The van der Waals surface area contributed by atoms with Gasteiger partial charge >= 0.3 is 6.18 Å². The Balaban J connectivity index is 1.39. The van der Waals surface area contributed by atoms with Crippen LogP contribution in [0.3, 0.4) is 0 Å². The second kappa shape index (κ2) is 9.67. The van der Waals surface area contributed by atoms with Crippen molar-refractivity contribution in [2.24, 2.45) is 0 Å². The Hall–Kier alpha value is -3.44. The van der Waals surface area contributed by atoms with Gasteiger partial charge < -0.3 is 15.1 Å². The maximum atomic E-state index is 13.8. The molecular weight excluding hydrogens is 459 g/mol. The predicted octanol–water partition coefficient (Wildman–Crippen LogP) is 4.27. The highest BCUT2D eigenvalue weighted by atomic mass is 19.4. The van der Waals surface area contributed by atoms with Gasteiger partial charge in [0, 0.05) is 38.8 Å². The van der Waals surface area contributed by atoms with Crippen LogP contribution < -0.4 is 15.3 Å². The van der Waals surface area contributed by atoms with E-state index in [0.29, 0.717) is 18.8 Å². The molecule has 2 aliphatic heterocycles. The fourth-order valence-electron chi connectivity index (χ4n) is 4.28. The summed E-state index contributed by atoms with van der Waals surface area (Å²) < 4.78 is 41.5. The van der Waals surface area contributed by atoms with Gasteiger partial charge in [-0.3, -0.25) is 4.84 Å². The summed E-state index contributed by atoms with van der Waals surface area (Å²) in [6.45, 7) is 4.07. The number of rotatable bonds is 5. The van der Waals surface area contributed by atoms with Crippen LogP contribution in [0.4, 0.5) is 36.4 Å². The number of benzene rings is 1. The molecule has 0 amide bonds. The highest BCUT2D eigenvalue weighted by Crippen LogP contribution is 2.41. The molecule has 0 bridgehead atoms. The number of likely N-dealkylation sites (N-methyl/N-ethyl adjacent to an activating group) is 1. The van der Waals surface area contributed by atoms with Crippen molar-refractivity contribution in [2.45, 2.75) is 18.6 Å². The highest BCUT2D eigenvalue weighted by Gasteiger charge is 2.40. The Morgan fingerprint density at radius 2 is 1.74 bits per heavy atom. The summed E-state index contributed by atoms with van der Waals surface area (Å²) in [5.41, 5.74) is 0.894. The van der Waals surface area contributed by atoms with Crippen LogP contribution in [-0.4, -0.2) is 59.7 Å². The number of nitrogens with one attached hydrogen (secondary N) is 1. The molecule has 11 heteroatoms. The molecule has 1 aromatic carbocycles. The summed E-state index contributed by atoms with van der Waals surface area (Å²) in [6, 6.07) is 12.6. The quantitative estimate of drug-likeness (QED) is 0.575. The zero-order valence-corrected chi connectivity index (χ0v) is 19.2. The third kappa shape index (κ3) is 5.15. The van der Waals surface area contributed by atoms with Crippen molar-refractivity contribution in [1.82, 2.24) is 19.9 Å². The number of piperazine rings is 1. The average molecular weight is 486 g/mol. The molecule has 0 radical (unpaired) electrons. The number of alkyl halides is 3. The predicted molar refractivity (Wildman–Crippen MR) is 126 cm³/mol. The first kappa shape index (κ1) is 23.3. The minimum atomic E-state index is -4.64. The second-order valence-corrected chi connectivity index (χ2v) is 8.62. The second-order valence-electron chi connectivity index (χ2n) is 8.62. The number of pyridine rings is 1. The van der Waals surface area contributed by atoms with Crippen LogP contribution in [0.15, 0.2) is 54.9 Å². The lowest BCUT2D eigenvalue weighted by molar-refractivity contribution is -0.138.